The molecule has 1 heterocycles. The van der Waals surface area contributed by atoms with Gasteiger partial charge in [-0.05, 0) is 63.7 Å². The molecule has 0 radical (unpaired) electrons. The van der Waals surface area contributed by atoms with Crippen molar-refractivity contribution in [2.75, 3.05) is 18.5 Å². The summed E-state index contributed by atoms with van der Waals surface area (Å²) in [5, 5.41) is 3.07. The number of fused-ring (bicyclic) bond motifs is 1. The zero-order valence-electron chi connectivity index (χ0n) is 14.6. The van der Waals surface area contributed by atoms with E-state index in [1.54, 1.807) is 43.0 Å². The highest BCUT2D eigenvalue weighted by molar-refractivity contribution is 6.08. The Morgan fingerprint density at radius 2 is 1.88 bits per heavy atom. The molecule has 0 aliphatic carbocycles. The number of carbonyl (C=O) groups excluding carboxylic acids is 1. The predicted octanol–water partition coefficient (Wildman–Crippen LogP) is 3.94. The molecule has 25 heavy (non-hydrogen) atoms. The lowest BCUT2D eigenvalue weighted by atomic mass is 9.86. The highest BCUT2D eigenvalue weighted by Crippen LogP contribution is 2.47. The molecule has 1 aliphatic rings. The maximum atomic E-state index is 14.5. The molecule has 1 N–H and O–H groups in total. The van der Waals surface area contributed by atoms with E-state index in [0.29, 0.717) is 29.8 Å². The van der Waals surface area contributed by atoms with E-state index in [9.17, 15) is 13.6 Å². The van der Waals surface area contributed by atoms with E-state index in [2.05, 4.69) is 5.32 Å². The first-order valence-electron chi connectivity index (χ1n) is 8.40. The van der Waals surface area contributed by atoms with Crippen LogP contribution >= 0.6 is 0 Å². The van der Waals surface area contributed by atoms with Crippen LogP contribution in [-0.2, 0) is 10.2 Å². The minimum atomic E-state index is -0.952. The first kappa shape index (κ1) is 17.5. The van der Waals surface area contributed by atoms with E-state index in [4.69, 9.17) is 0 Å². The molecular formula is C20H22F2N2O. The summed E-state index contributed by atoms with van der Waals surface area (Å²) in [6.45, 7) is 4.12. The number of nitrogens with zero attached hydrogens (tertiary/aromatic N) is 1. The van der Waals surface area contributed by atoms with Crippen molar-refractivity contribution in [3.05, 3.63) is 65.2 Å². The highest BCUT2D eigenvalue weighted by atomic mass is 19.1. The van der Waals surface area contributed by atoms with Gasteiger partial charge in [-0.25, -0.2) is 8.78 Å². The Morgan fingerprint density at radius 3 is 2.56 bits per heavy atom. The highest BCUT2D eigenvalue weighted by Gasteiger charge is 2.48. The van der Waals surface area contributed by atoms with Crippen molar-refractivity contribution in [1.82, 2.24) is 5.32 Å². The molecular weight excluding hydrogens is 322 g/mol. The first-order chi connectivity index (χ1) is 11.9. The zero-order valence-corrected chi connectivity index (χ0v) is 14.6. The van der Waals surface area contributed by atoms with E-state index in [1.807, 2.05) is 7.05 Å². The van der Waals surface area contributed by atoms with Crippen LogP contribution in [0.3, 0.4) is 0 Å². The van der Waals surface area contributed by atoms with Gasteiger partial charge in [0.05, 0.1) is 17.1 Å². The predicted molar refractivity (Wildman–Crippen MR) is 94.6 cm³/mol. The van der Waals surface area contributed by atoms with E-state index in [-0.39, 0.29) is 23.6 Å². The van der Waals surface area contributed by atoms with Crippen LogP contribution in [-0.4, -0.2) is 19.5 Å². The molecule has 132 valence electrons. The largest absolute Gasteiger partial charge is 0.320 e. The molecule has 5 heteroatoms. The Bertz CT molecular complexity index is 804. The second kappa shape index (κ2) is 6.56. The second-order valence-corrected chi connectivity index (χ2v) is 6.90. The number of halogens is 2. The number of hydrogen-bond acceptors (Lipinski definition) is 2. The van der Waals surface area contributed by atoms with Gasteiger partial charge >= 0.3 is 0 Å². The van der Waals surface area contributed by atoms with Crippen LogP contribution in [0.25, 0.3) is 0 Å². The van der Waals surface area contributed by atoms with Crippen LogP contribution in [0.5, 0.6) is 0 Å². The molecule has 2 aromatic rings. The fourth-order valence-electron chi connectivity index (χ4n) is 3.60. The van der Waals surface area contributed by atoms with E-state index >= 15 is 0 Å². The topological polar surface area (TPSA) is 32.3 Å². The van der Waals surface area contributed by atoms with Crippen molar-refractivity contribution >= 4 is 11.6 Å². The Labute approximate surface area is 146 Å². The summed E-state index contributed by atoms with van der Waals surface area (Å²) in [4.78, 5) is 14.8. The maximum absolute atomic E-state index is 14.5. The Balaban J connectivity index is 2.14. The molecule has 0 spiro atoms. The zero-order chi connectivity index (χ0) is 18.2. The van der Waals surface area contributed by atoms with Crippen molar-refractivity contribution in [1.29, 1.82) is 0 Å². The fourth-order valence-corrected chi connectivity index (χ4v) is 3.60. The number of rotatable bonds is 5. The molecule has 0 aromatic heterocycles. The summed E-state index contributed by atoms with van der Waals surface area (Å²) >= 11 is 0. The number of amides is 1. The Kier molecular flexibility index (Phi) is 4.60. The molecule has 2 aromatic carbocycles. The molecule has 0 saturated heterocycles. The third-order valence-electron chi connectivity index (χ3n) is 4.84. The van der Waals surface area contributed by atoms with Crippen LogP contribution in [0.4, 0.5) is 14.5 Å². The lowest BCUT2D eigenvalue weighted by Gasteiger charge is -2.30. The minimum Gasteiger partial charge on any atom is -0.320 e. The normalized spacial score (nSPS) is 16.8. The second-order valence-electron chi connectivity index (χ2n) is 6.90. The summed E-state index contributed by atoms with van der Waals surface area (Å²) in [7, 11) is 1.83. The maximum Gasteiger partial charge on any atom is 0.237 e. The van der Waals surface area contributed by atoms with Gasteiger partial charge in [0.1, 0.15) is 11.6 Å². The quantitative estimate of drug-likeness (QED) is 0.891. The summed E-state index contributed by atoms with van der Waals surface area (Å²) in [6, 6.07) is 10.6. The van der Waals surface area contributed by atoms with Crippen molar-refractivity contribution < 1.29 is 13.6 Å². The average molecular weight is 344 g/mol. The lowest BCUT2D eigenvalue weighted by Crippen LogP contribution is -2.39. The van der Waals surface area contributed by atoms with Gasteiger partial charge in [-0.1, -0.05) is 18.2 Å². The molecule has 0 bridgehead atoms. The number of anilines is 1. The van der Waals surface area contributed by atoms with E-state index in [1.165, 1.54) is 18.2 Å². The molecule has 3 nitrogen and oxygen atoms in total. The van der Waals surface area contributed by atoms with Crippen molar-refractivity contribution in [2.24, 2.45) is 0 Å². The Morgan fingerprint density at radius 1 is 1.16 bits per heavy atom. The average Bonchev–Trinajstić information content (AvgIpc) is 2.77. The molecule has 1 amide bonds. The van der Waals surface area contributed by atoms with Crippen molar-refractivity contribution in [3.8, 4) is 0 Å². The lowest BCUT2D eigenvalue weighted by molar-refractivity contribution is -0.122. The number of hydrogen-bond donors (Lipinski definition) is 1. The fraction of sp³-hybridized carbons (Fsp3) is 0.350. The number of nitrogens with one attached hydrogen (secondary N) is 1. The van der Waals surface area contributed by atoms with Gasteiger partial charge in [0, 0.05) is 5.56 Å². The van der Waals surface area contributed by atoms with Gasteiger partial charge in [0.25, 0.3) is 0 Å². The van der Waals surface area contributed by atoms with Crippen molar-refractivity contribution in [2.45, 2.75) is 31.7 Å². The smallest absolute Gasteiger partial charge is 0.237 e. The third-order valence-corrected chi connectivity index (χ3v) is 4.84. The van der Waals surface area contributed by atoms with Gasteiger partial charge in [-0.15, -0.1) is 0 Å². The molecule has 3 rings (SSSR count). The monoisotopic (exact) mass is 344 g/mol. The van der Waals surface area contributed by atoms with Gasteiger partial charge in [0.15, 0.2) is 0 Å². The van der Waals surface area contributed by atoms with Gasteiger partial charge in [0.2, 0.25) is 5.91 Å². The standard InChI is InChI=1S/C20H22F2N2O/c1-20(2)18-15(22)8-5-9-17(18)24(19(20)25)16(10-11-23-3)13-6-4-7-14(21)12-13/h4-9,12,16,23H,10-11H2,1-3H3/t16-/m0/s1. The molecule has 0 unspecified atom stereocenters. The Hall–Kier alpha value is -2.27. The summed E-state index contributed by atoms with van der Waals surface area (Å²) < 4.78 is 28.2. The number of carbonyl (C=O) groups is 1. The van der Waals surface area contributed by atoms with Crippen LogP contribution in [0.15, 0.2) is 42.5 Å². The first-order valence-corrected chi connectivity index (χ1v) is 8.40. The van der Waals surface area contributed by atoms with Crippen molar-refractivity contribution in [3.63, 3.8) is 0 Å². The van der Waals surface area contributed by atoms with Gasteiger partial charge in [-0.3, -0.25) is 4.79 Å². The van der Waals surface area contributed by atoms with Crippen LogP contribution in [0.2, 0.25) is 0 Å². The van der Waals surface area contributed by atoms with E-state index in [0.717, 1.165) is 0 Å². The molecule has 0 saturated carbocycles. The summed E-state index contributed by atoms with van der Waals surface area (Å²) in [5.74, 6) is -0.903. The minimum absolute atomic E-state index is 0.169. The van der Waals surface area contributed by atoms with Gasteiger partial charge in [-0.2, -0.15) is 0 Å². The van der Waals surface area contributed by atoms with Gasteiger partial charge < -0.3 is 10.2 Å². The summed E-state index contributed by atoms with van der Waals surface area (Å²) in [5.41, 5.74) is 0.731. The number of benzene rings is 2. The van der Waals surface area contributed by atoms with Crippen LogP contribution in [0.1, 0.15) is 37.4 Å². The molecule has 1 atom stereocenters. The van der Waals surface area contributed by atoms with E-state index < -0.39 is 5.41 Å². The van der Waals surface area contributed by atoms with Crippen LogP contribution < -0.4 is 10.2 Å². The summed E-state index contributed by atoms with van der Waals surface area (Å²) in [6.07, 6.45) is 0.595. The third kappa shape index (κ3) is 2.93. The SMILES string of the molecule is CNCC[C@@H](c1cccc(F)c1)N1C(=O)C(C)(C)c2c(F)cccc21. The van der Waals surface area contributed by atoms with Crippen LogP contribution in [0, 0.1) is 11.6 Å². The molecule has 1 aliphatic heterocycles. The molecule has 0 fully saturated rings.